The van der Waals surface area contributed by atoms with Crippen LogP contribution in [-0.4, -0.2) is 0 Å². The van der Waals surface area contributed by atoms with Crippen LogP contribution in [0.2, 0.25) is 0 Å². The van der Waals surface area contributed by atoms with Crippen molar-refractivity contribution in [3.8, 4) is 22.3 Å². The molecular weight excluding hydrogens is 1100 g/mol. The number of hydrogen-bond acceptors (Lipinski definition) is 7. The molecule has 0 spiro atoms. The SMILES string of the molecule is c1ccc(-c2cc3sc4ccccc4c3cc2N(c2ccc3cc4c(cc3c2)oc2cc3cc(N(c5cc6c(cc5-c5ccccc5)sc5ccccc56)c5cccc6c5oc5ccccc56)ccc3cc24)c2cccc3c2oc2ccccc23)cc1. The highest BCUT2D eigenvalue weighted by Gasteiger charge is 2.27. The first kappa shape index (κ1) is 48.4. The third-order valence-electron chi connectivity index (χ3n) is 17.8. The van der Waals surface area contributed by atoms with Gasteiger partial charge in [-0.15, -0.1) is 22.7 Å². The van der Waals surface area contributed by atoms with Crippen LogP contribution in [-0.2, 0) is 0 Å². The van der Waals surface area contributed by atoms with Crippen molar-refractivity contribution in [2.45, 2.75) is 0 Å². The van der Waals surface area contributed by atoms with Gasteiger partial charge in [0.05, 0.1) is 22.7 Å². The minimum atomic E-state index is 0.828. The molecule has 0 unspecified atom stereocenters. The summed E-state index contributed by atoms with van der Waals surface area (Å²) in [7, 11) is 0. The molecule has 7 heteroatoms. The second-order valence-corrected chi connectivity index (χ2v) is 24.9. The maximum absolute atomic E-state index is 7.05. The number of benzene rings is 14. The van der Waals surface area contributed by atoms with Gasteiger partial charge in [0.25, 0.3) is 0 Å². The Morgan fingerprint density at radius 1 is 0.230 bits per heavy atom. The van der Waals surface area contributed by atoms with Gasteiger partial charge in [-0.05, 0) is 142 Å². The van der Waals surface area contributed by atoms with Gasteiger partial charge >= 0.3 is 0 Å². The van der Waals surface area contributed by atoms with E-state index in [1.807, 2.05) is 34.8 Å². The first-order valence-corrected chi connectivity index (χ1v) is 31.0. The number of rotatable bonds is 8. The van der Waals surface area contributed by atoms with Crippen molar-refractivity contribution in [2.24, 2.45) is 0 Å². The molecule has 0 bridgehead atoms. The van der Waals surface area contributed by atoms with Gasteiger partial charge in [-0.2, -0.15) is 0 Å². The Labute approximate surface area is 505 Å². The molecule has 0 fully saturated rings. The van der Waals surface area contributed by atoms with Crippen molar-refractivity contribution < 1.29 is 13.3 Å². The van der Waals surface area contributed by atoms with Gasteiger partial charge in [0.15, 0.2) is 11.2 Å². The number of furan rings is 3. The number of anilines is 6. The van der Waals surface area contributed by atoms with E-state index in [2.05, 4.69) is 277 Å². The number of hydrogen-bond donors (Lipinski definition) is 0. The van der Waals surface area contributed by atoms with Gasteiger partial charge in [0.1, 0.15) is 22.3 Å². The van der Waals surface area contributed by atoms with Crippen LogP contribution >= 0.6 is 22.7 Å². The molecular formula is C80H46N2O3S2. The first-order valence-electron chi connectivity index (χ1n) is 29.3. The van der Waals surface area contributed by atoms with Gasteiger partial charge in [-0.3, -0.25) is 0 Å². The van der Waals surface area contributed by atoms with Gasteiger partial charge < -0.3 is 23.1 Å². The lowest BCUT2D eigenvalue weighted by atomic mass is 9.98. The lowest BCUT2D eigenvalue weighted by Crippen LogP contribution is -2.11. The molecule has 5 aromatic heterocycles. The number of nitrogens with zero attached hydrogens (tertiary/aromatic N) is 2. The van der Waals surface area contributed by atoms with E-state index in [0.29, 0.717) is 0 Å². The van der Waals surface area contributed by atoms with Crippen LogP contribution in [0.5, 0.6) is 0 Å². The fraction of sp³-hybridized carbons (Fsp3) is 0. The summed E-state index contributed by atoms with van der Waals surface area (Å²) in [5, 5.41) is 15.8. The number of fused-ring (bicyclic) bond motifs is 17. The summed E-state index contributed by atoms with van der Waals surface area (Å²) in [6.45, 7) is 0. The molecule has 19 aromatic rings. The number of thiophene rings is 2. The fourth-order valence-corrected chi connectivity index (χ4v) is 16.0. The molecule has 0 N–H and O–H groups in total. The molecule has 19 rings (SSSR count). The predicted octanol–water partition coefficient (Wildman–Crippen LogP) is 24.7. The van der Waals surface area contributed by atoms with Crippen molar-refractivity contribution >= 4 is 185 Å². The highest BCUT2D eigenvalue weighted by atomic mass is 32.1. The molecule has 0 aliphatic carbocycles. The Kier molecular flexibility index (Phi) is 10.4. The molecule has 0 amide bonds. The Hall–Kier alpha value is -11.0. The third kappa shape index (κ3) is 7.50. The summed E-state index contributed by atoms with van der Waals surface area (Å²) in [6, 6.07) is 101. The highest BCUT2D eigenvalue weighted by Crippen LogP contribution is 2.52. The van der Waals surface area contributed by atoms with E-state index in [-0.39, 0.29) is 0 Å². The van der Waals surface area contributed by atoms with Crippen LogP contribution in [0.3, 0.4) is 0 Å². The molecule has 0 saturated carbocycles. The molecule has 0 aliphatic rings. The quantitative estimate of drug-likeness (QED) is 0.152. The minimum Gasteiger partial charge on any atom is -0.456 e. The average Bonchev–Trinajstić information content (AvgIpc) is 2.04. The Morgan fingerprint density at radius 2 is 0.644 bits per heavy atom. The maximum Gasteiger partial charge on any atom is 0.159 e. The molecule has 0 atom stereocenters. The molecule has 0 radical (unpaired) electrons. The van der Waals surface area contributed by atoms with E-state index in [0.717, 1.165) is 144 Å². The lowest BCUT2D eigenvalue weighted by Gasteiger charge is -2.28. The van der Waals surface area contributed by atoms with Gasteiger partial charge in [-0.1, -0.05) is 170 Å². The maximum atomic E-state index is 7.05. The zero-order valence-corrected chi connectivity index (χ0v) is 48.1. The summed E-state index contributed by atoms with van der Waals surface area (Å²) in [5.41, 5.74) is 15.6. The Bertz CT molecular complexity index is 5680. The van der Waals surface area contributed by atoms with E-state index in [9.17, 15) is 0 Å². The Morgan fingerprint density at radius 3 is 1.11 bits per heavy atom. The summed E-state index contributed by atoms with van der Waals surface area (Å²) in [5.74, 6) is 0. The second kappa shape index (κ2) is 18.8. The van der Waals surface area contributed by atoms with Crippen LogP contribution in [0.15, 0.2) is 292 Å². The molecule has 5 heterocycles. The first-order chi connectivity index (χ1) is 43.1. The minimum absolute atomic E-state index is 0.828. The van der Waals surface area contributed by atoms with Crippen molar-refractivity contribution in [2.75, 3.05) is 9.80 Å². The highest BCUT2D eigenvalue weighted by molar-refractivity contribution is 7.26. The zero-order valence-electron chi connectivity index (χ0n) is 46.5. The molecule has 5 nitrogen and oxygen atoms in total. The van der Waals surface area contributed by atoms with Gasteiger partial charge in [-0.25, -0.2) is 0 Å². The molecule has 0 saturated heterocycles. The van der Waals surface area contributed by atoms with Crippen LogP contribution in [0.4, 0.5) is 34.1 Å². The van der Waals surface area contributed by atoms with E-state index in [1.54, 1.807) is 0 Å². The van der Waals surface area contributed by atoms with Gasteiger partial charge in [0, 0.05) is 95.2 Å². The van der Waals surface area contributed by atoms with Crippen molar-refractivity contribution in [3.63, 3.8) is 0 Å². The second-order valence-electron chi connectivity index (χ2n) is 22.7. The summed E-state index contributed by atoms with van der Waals surface area (Å²) < 4.78 is 25.8. The van der Waals surface area contributed by atoms with Crippen molar-refractivity contribution in [1.82, 2.24) is 0 Å². The average molecular weight is 1150 g/mol. The zero-order chi connectivity index (χ0) is 56.8. The van der Waals surface area contributed by atoms with Crippen LogP contribution in [0.25, 0.3) is 150 Å². The van der Waals surface area contributed by atoms with E-state index in [1.165, 1.54) is 40.3 Å². The Balaban J connectivity index is 0.800. The lowest BCUT2D eigenvalue weighted by molar-refractivity contribution is 0.668. The van der Waals surface area contributed by atoms with Crippen LogP contribution in [0.1, 0.15) is 0 Å². The molecule has 87 heavy (non-hydrogen) atoms. The number of para-hydroxylation sites is 4. The van der Waals surface area contributed by atoms with Crippen molar-refractivity contribution in [1.29, 1.82) is 0 Å². The molecule has 14 aromatic carbocycles. The van der Waals surface area contributed by atoms with Crippen LogP contribution < -0.4 is 9.80 Å². The molecule has 0 aliphatic heterocycles. The standard InChI is InChI=1S/C80H46N2O3S2/c1-3-17-47(18-4-1)61-45-77-65(57-23-9-13-31-75(57)86-77)43-69(61)81(67-27-15-25-59-55-21-7-11-29-71(55)84-79(59)67)53-35-33-49-39-63-64-40-50-34-36-54(38-52(50)42-74(64)83-73(63)41-51(49)37-53)82(68-28-16-26-60-56-22-8-12-30-72(56)85-80(60)68)70-44-66-58-24-10-14-32-76(58)87-78(66)46-62(70)48-19-5-2-6-20-48/h1-46H. The van der Waals surface area contributed by atoms with Gasteiger partial charge in [0.2, 0.25) is 0 Å². The summed E-state index contributed by atoms with van der Waals surface area (Å²) in [4.78, 5) is 4.82. The normalized spacial score (nSPS) is 12.1. The predicted molar refractivity (Wildman–Crippen MR) is 369 cm³/mol. The van der Waals surface area contributed by atoms with E-state index in [4.69, 9.17) is 13.3 Å². The summed E-state index contributed by atoms with van der Waals surface area (Å²) in [6.07, 6.45) is 0. The third-order valence-corrected chi connectivity index (χ3v) is 20.0. The van der Waals surface area contributed by atoms with E-state index >= 15 is 0 Å². The summed E-state index contributed by atoms with van der Waals surface area (Å²) >= 11 is 3.68. The smallest absolute Gasteiger partial charge is 0.159 e. The topological polar surface area (TPSA) is 45.9 Å². The largest absolute Gasteiger partial charge is 0.456 e. The monoisotopic (exact) mass is 1150 g/mol. The van der Waals surface area contributed by atoms with Crippen LogP contribution in [0, 0.1) is 0 Å². The van der Waals surface area contributed by atoms with Crippen molar-refractivity contribution in [3.05, 3.63) is 279 Å². The fourth-order valence-electron chi connectivity index (χ4n) is 13.7. The van der Waals surface area contributed by atoms with E-state index < -0.39 is 0 Å². The molecule has 406 valence electrons.